The summed E-state index contributed by atoms with van der Waals surface area (Å²) in [5.74, 6) is -0.196. The molecule has 8 heteroatoms. The lowest BCUT2D eigenvalue weighted by Crippen LogP contribution is -2.32. The number of benzene rings is 2. The Labute approximate surface area is 149 Å². The molecular formula is C17H12N4O3S. The number of hydrogen-bond acceptors (Lipinski definition) is 4. The lowest BCUT2D eigenvalue weighted by atomic mass is 10.1. The molecule has 1 heterocycles. The minimum Gasteiger partial charge on any atom is -0.309 e. The number of anilines is 2. The zero-order valence-electron chi connectivity index (χ0n) is 13.2. The van der Waals surface area contributed by atoms with Gasteiger partial charge in [-0.3, -0.25) is 19.8 Å². The molecule has 0 aromatic heterocycles. The van der Waals surface area contributed by atoms with E-state index in [9.17, 15) is 14.9 Å². The molecule has 1 amide bonds. The fourth-order valence-corrected chi connectivity index (χ4v) is 2.99. The van der Waals surface area contributed by atoms with E-state index in [1.165, 1.54) is 17.0 Å². The van der Waals surface area contributed by atoms with Crippen LogP contribution in [0.4, 0.5) is 22.7 Å². The molecule has 124 valence electrons. The van der Waals surface area contributed by atoms with Gasteiger partial charge in [-0.1, -0.05) is 6.07 Å². The van der Waals surface area contributed by atoms with Crippen molar-refractivity contribution in [2.24, 2.45) is 0 Å². The number of non-ortho nitro benzene ring substituents is 1. The molecule has 0 bridgehead atoms. The molecule has 0 unspecified atom stereocenters. The molecular weight excluding hydrogens is 340 g/mol. The van der Waals surface area contributed by atoms with Crippen LogP contribution < -0.4 is 9.80 Å². The summed E-state index contributed by atoms with van der Waals surface area (Å²) in [6.45, 7) is 8.95. The zero-order chi connectivity index (χ0) is 18.1. The number of amides is 1. The molecule has 0 saturated carbocycles. The van der Waals surface area contributed by atoms with Crippen LogP contribution in [0.3, 0.4) is 0 Å². The molecule has 1 fully saturated rings. The van der Waals surface area contributed by atoms with Crippen LogP contribution in [0.25, 0.3) is 4.85 Å². The van der Waals surface area contributed by atoms with Gasteiger partial charge in [0.05, 0.1) is 11.5 Å². The summed E-state index contributed by atoms with van der Waals surface area (Å²) in [7, 11) is 0. The maximum absolute atomic E-state index is 12.4. The van der Waals surface area contributed by atoms with Crippen molar-refractivity contribution in [2.75, 3.05) is 16.3 Å². The van der Waals surface area contributed by atoms with Crippen molar-refractivity contribution in [1.29, 1.82) is 0 Å². The maximum atomic E-state index is 12.4. The van der Waals surface area contributed by atoms with Crippen molar-refractivity contribution in [1.82, 2.24) is 0 Å². The predicted octanol–water partition coefficient (Wildman–Crippen LogP) is 3.59. The van der Waals surface area contributed by atoms with Crippen molar-refractivity contribution in [2.45, 2.75) is 6.92 Å². The van der Waals surface area contributed by atoms with Gasteiger partial charge >= 0.3 is 0 Å². The summed E-state index contributed by atoms with van der Waals surface area (Å²) in [4.78, 5) is 29.2. The summed E-state index contributed by atoms with van der Waals surface area (Å²) >= 11 is 5.43. The van der Waals surface area contributed by atoms with E-state index in [-0.39, 0.29) is 18.1 Å². The maximum Gasteiger partial charge on any atom is 0.269 e. The molecule has 1 aliphatic heterocycles. The first-order valence-corrected chi connectivity index (χ1v) is 7.70. The fraction of sp³-hybridized carbons (Fsp3) is 0.118. The average molecular weight is 352 g/mol. The molecule has 1 saturated heterocycles. The van der Waals surface area contributed by atoms with Crippen molar-refractivity contribution < 1.29 is 9.72 Å². The van der Waals surface area contributed by atoms with Gasteiger partial charge in [0.15, 0.2) is 10.8 Å². The number of nitro groups is 1. The standard InChI is InChI=1S/C17H12N4O3S/c1-11-9-14(7-8-15(11)18-2)20-16(22)10-19(17(20)25)12-3-5-13(6-4-12)21(23)24/h3-9H,10H2,1H3. The summed E-state index contributed by atoms with van der Waals surface area (Å²) in [5, 5.41) is 11.1. The first-order chi connectivity index (χ1) is 11.9. The van der Waals surface area contributed by atoms with E-state index in [0.717, 1.165) is 5.56 Å². The topological polar surface area (TPSA) is 71.0 Å². The fourth-order valence-electron chi connectivity index (χ4n) is 2.62. The zero-order valence-corrected chi connectivity index (χ0v) is 14.0. The molecule has 2 aromatic carbocycles. The molecule has 3 rings (SSSR count). The molecule has 0 N–H and O–H groups in total. The van der Waals surface area contributed by atoms with Gasteiger partial charge in [0.2, 0.25) is 0 Å². The van der Waals surface area contributed by atoms with E-state index in [0.29, 0.717) is 22.2 Å². The average Bonchev–Trinajstić information content (AvgIpc) is 2.89. The quantitative estimate of drug-likeness (QED) is 0.365. The molecule has 0 spiro atoms. The number of nitro benzene ring substituents is 1. The van der Waals surface area contributed by atoms with E-state index in [1.807, 2.05) is 0 Å². The van der Waals surface area contributed by atoms with E-state index < -0.39 is 4.92 Å². The van der Waals surface area contributed by atoms with Crippen molar-refractivity contribution >= 4 is 46.0 Å². The number of hydrogen-bond donors (Lipinski definition) is 0. The third-order valence-corrected chi connectivity index (χ3v) is 4.30. The van der Waals surface area contributed by atoms with Crippen molar-refractivity contribution in [3.63, 3.8) is 0 Å². The first-order valence-electron chi connectivity index (χ1n) is 7.29. The van der Waals surface area contributed by atoms with Gasteiger partial charge in [0.25, 0.3) is 11.6 Å². The van der Waals surface area contributed by atoms with Crippen LogP contribution in [0, 0.1) is 23.6 Å². The largest absolute Gasteiger partial charge is 0.309 e. The molecule has 7 nitrogen and oxygen atoms in total. The second kappa shape index (κ2) is 6.30. The SMILES string of the molecule is [C-]#[N+]c1ccc(N2C(=O)CN(c3ccc([N+](=O)[O-])cc3)C2=S)cc1C. The van der Waals surface area contributed by atoms with E-state index in [4.69, 9.17) is 18.8 Å². The van der Waals surface area contributed by atoms with Crippen LogP contribution >= 0.6 is 12.2 Å². The Balaban J connectivity index is 1.91. The van der Waals surface area contributed by atoms with Crippen molar-refractivity contribution in [3.8, 4) is 0 Å². The molecule has 0 radical (unpaired) electrons. The summed E-state index contributed by atoms with van der Waals surface area (Å²) in [6.07, 6.45) is 0. The van der Waals surface area contributed by atoms with Crippen LogP contribution in [0.5, 0.6) is 0 Å². The van der Waals surface area contributed by atoms with Gasteiger partial charge in [0, 0.05) is 23.5 Å². The Morgan fingerprint density at radius 3 is 2.40 bits per heavy atom. The predicted molar refractivity (Wildman–Crippen MR) is 98.0 cm³/mol. The summed E-state index contributed by atoms with van der Waals surface area (Å²) in [5.41, 5.74) is 2.47. The Morgan fingerprint density at radius 2 is 1.84 bits per heavy atom. The lowest BCUT2D eigenvalue weighted by Gasteiger charge is -2.20. The minimum atomic E-state index is -0.481. The molecule has 0 atom stereocenters. The van der Waals surface area contributed by atoms with Crippen LogP contribution in [0.2, 0.25) is 0 Å². The Bertz CT molecular complexity index is 934. The van der Waals surface area contributed by atoms with Gasteiger partial charge in [-0.2, -0.15) is 0 Å². The highest BCUT2D eigenvalue weighted by molar-refractivity contribution is 7.81. The lowest BCUT2D eigenvalue weighted by molar-refractivity contribution is -0.384. The molecule has 2 aromatic rings. The van der Waals surface area contributed by atoms with Gasteiger partial charge in [-0.15, -0.1) is 0 Å². The highest BCUT2D eigenvalue weighted by atomic mass is 32.1. The van der Waals surface area contributed by atoms with Gasteiger partial charge in [0.1, 0.15) is 6.54 Å². The molecule has 0 aliphatic carbocycles. The normalized spacial score (nSPS) is 13.9. The molecule has 1 aliphatic rings. The van der Waals surface area contributed by atoms with Gasteiger partial charge in [-0.05, 0) is 49.0 Å². The van der Waals surface area contributed by atoms with Crippen LogP contribution in [-0.2, 0) is 4.79 Å². The van der Waals surface area contributed by atoms with Crippen LogP contribution in [0.1, 0.15) is 5.56 Å². The number of aryl methyl sites for hydroxylation is 1. The van der Waals surface area contributed by atoms with Crippen molar-refractivity contribution in [3.05, 3.63) is 69.6 Å². The van der Waals surface area contributed by atoms with Crippen LogP contribution in [0.15, 0.2) is 42.5 Å². The second-order valence-corrected chi connectivity index (χ2v) is 5.82. The monoisotopic (exact) mass is 352 g/mol. The van der Waals surface area contributed by atoms with Gasteiger partial charge < -0.3 is 4.90 Å². The minimum absolute atomic E-state index is 0.0256. The molecule has 25 heavy (non-hydrogen) atoms. The third kappa shape index (κ3) is 2.93. The smallest absolute Gasteiger partial charge is 0.269 e. The first kappa shape index (κ1) is 16.5. The third-order valence-electron chi connectivity index (χ3n) is 3.90. The van der Waals surface area contributed by atoms with E-state index >= 15 is 0 Å². The Hall–Kier alpha value is -3.31. The number of nitrogens with zero attached hydrogens (tertiary/aromatic N) is 4. The van der Waals surface area contributed by atoms with E-state index in [1.54, 1.807) is 42.2 Å². The Morgan fingerprint density at radius 1 is 1.20 bits per heavy atom. The van der Waals surface area contributed by atoms with E-state index in [2.05, 4.69) is 4.85 Å². The summed E-state index contributed by atoms with van der Waals surface area (Å²) in [6, 6.07) is 11.0. The number of carbonyl (C=O) groups excluding carboxylic acids is 1. The number of rotatable bonds is 3. The second-order valence-electron chi connectivity index (χ2n) is 5.45. The van der Waals surface area contributed by atoms with Gasteiger partial charge in [-0.25, -0.2) is 4.85 Å². The summed E-state index contributed by atoms with van der Waals surface area (Å²) < 4.78 is 0. The Kier molecular flexibility index (Phi) is 4.17. The van der Waals surface area contributed by atoms with Crippen LogP contribution in [-0.4, -0.2) is 22.5 Å². The highest BCUT2D eigenvalue weighted by Gasteiger charge is 2.35. The highest BCUT2D eigenvalue weighted by Crippen LogP contribution is 2.30. The number of carbonyl (C=O) groups is 1. The number of thiocarbonyl (C=S) groups is 1.